The highest BCUT2D eigenvalue weighted by molar-refractivity contribution is 5.87. The Balaban J connectivity index is 3.01. The average Bonchev–Trinajstić information content (AvgIpc) is 2.17. The number of ether oxygens (including phenoxy) is 1. The third-order valence-electron chi connectivity index (χ3n) is 1.37. The van der Waals surface area contributed by atoms with E-state index in [4.69, 9.17) is 0 Å². The molecule has 0 atom stereocenters. The summed E-state index contributed by atoms with van der Waals surface area (Å²) in [5.41, 5.74) is 0.966. The van der Waals surface area contributed by atoms with Crippen molar-refractivity contribution in [1.29, 1.82) is 0 Å². The van der Waals surface area contributed by atoms with Gasteiger partial charge in [-0.1, -0.05) is 12.6 Å². The Kier molecular flexibility index (Phi) is 2.58. The van der Waals surface area contributed by atoms with Crippen LogP contribution in [-0.2, 0) is 4.74 Å². The average molecular weight is 163 g/mol. The van der Waals surface area contributed by atoms with Crippen LogP contribution in [0.15, 0.2) is 24.8 Å². The molecule has 0 aliphatic heterocycles. The van der Waals surface area contributed by atoms with Gasteiger partial charge in [0.25, 0.3) is 0 Å². The molecule has 0 fully saturated rings. The van der Waals surface area contributed by atoms with E-state index in [1.165, 1.54) is 7.11 Å². The number of rotatable bonds is 2. The van der Waals surface area contributed by atoms with Gasteiger partial charge in [0.2, 0.25) is 0 Å². The highest BCUT2D eigenvalue weighted by atomic mass is 16.5. The molecule has 62 valence electrons. The van der Waals surface area contributed by atoms with E-state index < -0.39 is 5.97 Å². The molecular weight excluding hydrogens is 154 g/mol. The predicted molar refractivity (Wildman–Crippen MR) is 45.7 cm³/mol. The van der Waals surface area contributed by atoms with Crippen LogP contribution in [0.2, 0.25) is 0 Å². The first-order chi connectivity index (χ1) is 5.77. The smallest absolute Gasteiger partial charge is 0.356 e. The second-order valence-corrected chi connectivity index (χ2v) is 2.14. The maximum Gasteiger partial charge on any atom is 0.356 e. The quantitative estimate of drug-likeness (QED) is 0.620. The van der Waals surface area contributed by atoms with Gasteiger partial charge < -0.3 is 4.74 Å². The number of hydrogen-bond donors (Lipinski definition) is 0. The highest BCUT2D eigenvalue weighted by Crippen LogP contribution is 2.01. The van der Waals surface area contributed by atoms with Gasteiger partial charge in [0, 0.05) is 0 Å². The van der Waals surface area contributed by atoms with Crippen LogP contribution in [0.4, 0.5) is 0 Å². The van der Waals surface area contributed by atoms with Crippen LogP contribution in [0.5, 0.6) is 0 Å². The maximum atomic E-state index is 11.0. The number of aromatic nitrogens is 1. The minimum absolute atomic E-state index is 0.301. The Labute approximate surface area is 70.7 Å². The lowest BCUT2D eigenvalue weighted by atomic mass is 10.3. The molecule has 0 saturated carbocycles. The van der Waals surface area contributed by atoms with Crippen LogP contribution < -0.4 is 0 Å². The van der Waals surface area contributed by atoms with Crippen molar-refractivity contribution in [1.82, 2.24) is 4.98 Å². The number of methoxy groups -OCH3 is 1. The molecule has 0 spiro atoms. The molecule has 1 rings (SSSR count). The molecule has 1 heterocycles. The molecule has 0 radical (unpaired) electrons. The summed E-state index contributed by atoms with van der Waals surface area (Å²) in [6.45, 7) is 3.54. The van der Waals surface area contributed by atoms with Gasteiger partial charge in [-0.25, -0.2) is 9.78 Å². The van der Waals surface area contributed by atoms with Gasteiger partial charge >= 0.3 is 5.97 Å². The largest absolute Gasteiger partial charge is 0.464 e. The Morgan fingerprint density at radius 3 is 3.00 bits per heavy atom. The third kappa shape index (κ3) is 1.69. The topological polar surface area (TPSA) is 39.2 Å². The fourth-order valence-corrected chi connectivity index (χ4v) is 0.783. The fourth-order valence-electron chi connectivity index (χ4n) is 0.783. The molecule has 1 aromatic rings. The molecule has 0 aliphatic carbocycles. The lowest BCUT2D eigenvalue weighted by molar-refractivity contribution is 0.0594. The van der Waals surface area contributed by atoms with Gasteiger partial charge in [0.1, 0.15) is 5.69 Å². The SMILES string of the molecule is C=Cc1cccc(C(=O)OC)n1. The Morgan fingerprint density at radius 1 is 1.67 bits per heavy atom. The van der Waals surface area contributed by atoms with Crippen molar-refractivity contribution in [3.8, 4) is 0 Å². The number of nitrogens with zero attached hydrogens (tertiary/aromatic N) is 1. The van der Waals surface area contributed by atoms with Gasteiger partial charge in [0.05, 0.1) is 12.8 Å². The van der Waals surface area contributed by atoms with Gasteiger partial charge in [-0.05, 0) is 18.2 Å². The summed E-state index contributed by atoms with van der Waals surface area (Å²) in [6, 6.07) is 5.09. The molecule has 0 amide bonds. The monoisotopic (exact) mass is 163 g/mol. The van der Waals surface area contributed by atoms with Crippen LogP contribution in [-0.4, -0.2) is 18.1 Å². The minimum Gasteiger partial charge on any atom is -0.464 e. The molecular formula is C9H9NO2. The lowest BCUT2D eigenvalue weighted by Crippen LogP contribution is -2.04. The van der Waals surface area contributed by atoms with Gasteiger partial charge in [-0.15, -0.1) is 0 Å². The van der Waals surface area contributed by atoms with Crippen LogP contribution in [0, 0.1) is 0 Å². The number of pyridine rings is 1. The Morgan fingerprint density at radius 2 is 2.42 bits per heavy atom. The van der Waals surface area contributed by atoms with E-state index in [9.17, 15) is 4.79 Å². The van der Waals surface area contributed by atoms with E-state index in [1.807, 2.05) is 0 Å². The van der Waals surface area contributed by atoms with Crippen LogP contribution in [0.1, 0.15) is 16.2 Å². The van der Waals surface area contributed by atoms with Crippen molar-refractivity contribution in [2.75, 3.05) is 7.11 Å². The summed E-state index contributed by atoms with van der Waals surface area (Å²) in [6.07, 6.45) is 1.58. The molecule has 0 unspecified atom stereocenters. The number of carbonyl (C=O) groups excluding carboxylic acids is 1. The molecule has 0 bridgehead atoms. The van der Waals surface area contributed by atoms with Crippen LogP contribution >= 0.6 is 0 Å². The third-order valence-corrected chi connectivity index (χ3v) is 1.37. The van der Waals surface area contributed by atoms with Crippen molar-refractivity contribution < 1.29 is 9.53 Å². The highest BCUT2D eigenvalue weighted by Gasteiger charge is 2.05. The minimum atomic E-state index is -0.432. The summed E-state index contributed by atoms with van der Waals surface area (Å²) in [5.74, 6) is -0.432. The maximum absolute atomic E-state index is 11.0. The molecule has 0 N–H and O–H groups in total. The summed E-state index contributed by atoms with van der Waals surface area (Å²) < 4.78 is 4.50. The van der Waals surface area contributed by atoms with E-state index in [1.54, 1.807) is 24.3 Å². The molecule has 3 nitrogen and oxygen atoms in total. The van der Waals surface area contributed by atoms with Crippen molar-refractivity contribution in [2.24, 2.45) is 0 Å². The summed E-state index contributed by atoms with van der Waals surface area (Å²) in [7, 11) is 1.32. The van der Waals surface area contributed by atoms with Gasteiger partial charge in [-0.2, -0.15) is 0 Å². The van der Waals surface area contributed by atoms with Gasteiger partial charge in [0.15, 0.2) is 0 Å². The normalized spacial score (nSPS) is 9.08. The zero-order chi connectivity index (χ0) is 8.97. The molecule has 1 aromatic heterocycles. The zero-order valence-electron chi connectivity index (χ0n) is 6.78. The molecule has 0 aliphatic rings. The summed E-state index contributed by atoms with van der Waals surface area (Å²) in [5, 5.41) is 0. The molecule has 0 aromatic carbocycles. The van der Waals surface area contributed by atoms with Crippen molar-refractivity contribution in [2.45, 2.75) is 0 Å². The number of hydrogen-bond acceptors (Lipinski definition) is 3. The second-order valence-electron chi connectivity index (χ2n) is 2.14. The van der Waals surface area contributed by atoms with Crippen LogP contribution in [0.3, 0.4) is 0 Å². The zero-order valence-corrected chi connectivity index (χ0v) is 6.78. The van der Waals surface area contributed by atoms with E-state index >= 15 is 0 Å². The standard InChI is InChI=1S/C9H9NO2/c1-3-7-5-4-6-8(10-7)9(11)12-2/h3-6H,1H2,2H3. The number of carbonyl (C=O) groups is 1. The summed E-state index contributed by atoms with van der Waals surface area (Å²) in [4.78, 5) is 14.9. The summed E-state index contributed by atoms with van der Waals surface area (Å²) >= 11 is 0. The fraction of sp³-hybridized carbons (Fsp3) is 0.111. The number of esters is 1. The molecule has 0 saturated heterocycles. The second kappa shape index (κ2) is 3.67. The molecule has 12 heavy (non-hydrogen) atoms. The molecule has 3 heteroatoms. The van der Waals surface area contributed by atoms with Crippen molar-refractivity contribution in [3.63, 3.8) is 0 Å². The lowest BCUT2D eigenvalue weighted by Gasteiger charge is -1.98. The van der Waals surface area contributed by atoms with Crippen molar-refractivity contribution in [3.05, 3.63) is 36.2 Å². The van der Waals surface area contributed by atoms with Crippen molar-refractivity contribution >= 4 is 12.0 Å². The first kappa shape index (κ1) is 8.46. The van der Waals surface area contributed by atoms with Crippen LogP contribution in [0.25, 0.3) is 6.08 Å². The van der Waals surface area contributed by atoms with E-state index in [2.05, 4.69) is 16.3 Å². The van der Waals surface area contributed by atoms with Gasteiger partial charge in [-0.3, -0.25) is 0 Å². The van der Waals surface area contributed by atoms with E-state index in [0.717, 1.165) is 0 Å². The van der Waals surface area contributed by atoms with E-state index in [-0.39, 0.29) is 0 Å². The predicted octanol–water partition coefficient (Wildman–Crippen LogP) is 1.51. The Bertz CT molecular complexity index is 307. The first-order valence-electron chi connectivity index (χ1n) is 3.45. The Hall–Kier alpha value is -1.64. The first-order valence-corrected chi connectivity index (χ1v) is 3.45. The van der Waals surface area contributed by atoms with E-state index in [0.29, 0.717) is 11.4 Å².